The first kappa shape index (κ1) is 19.5. The Morgan fingerprint density at radius 3 is 1.32 bits per heavy atom. The van der Waals surface area contributed by atoms with Crippen LogP contribution in [0.3, 0.4) is 0 Å². The summed E-state index contributed by atoms with van der Waals surface area (Å²) in [6.45, 7) is 3.85. The van der Waals surface area contributed by atoms with Crippen molar-refractivity contribution >= 4 is 32.5 Å². The van der Waals surface area contributed by atoms with Gasteiger partial charge in [-0.2, -0.15) is 0 Å². The predicted octanol–water partition coefficient (Wildman–Crippen LogP) is 4.09. The Morgan fingerprint density at radius 2 is 1.04 bits per heavy atom. The molecule has 0 radical (unpaired) electrons. The summed E-state index contributed by atoms with van der Waals surface area (Å²) in [6.07, 6.45) is 0. The van der Waals surface area contributed by atoms with E-state index in [0.29, 0.717) is 11.1 Å². The van der Waals surface area contributed by atoms with Crippen LogP contribution >= 0.6 is 0 Å². The Bertz CT molecular complexity index is 659. The van der Waals surface area contributed by atoms with Crippen LogP contribution in [0.5, 0.6) is 11.5 Å². The van der Waals surface area contributed by atoms with Gasteiger partial charge in [-0.1, -0.05) is 0 Å². The summed E-state index contributed by atoms with van der Waals surface area (Å²) < 4.78 is 10.0. The van der Waals surface area contributed by atoms with Gasteiger partial charge >= 0.3 is 159 Å². The molecule has 2 aromatic carbocycles. The molecule has 5 heteroatoms. The number of carbonyl (C=O) groups excluding carboxylic acids is 2. The zero-order valence-corrected chi connectivity index (χ0v) is 17.1. The molecule has 0 fully saturated rings. The van der Waals surface area contributed by atoms with E-state index in [4.69, 9.17) is 9.47 Å². The van der Waals surface area contributed by atoms with E-state index in [2.05, 4.69) is 0 Å². The average molecular weight is 454 g/mol. The van der Waals surface area contributed by atoms with Gasteiger partial charge in [-0.25, -0.2) is 0 Å². The zero-order chi connectivity index (χ0) is 18.4. The molecule has 0 amide bonds. The van der Waals surface area contributed by atoms with Crippen molar-refractivity contribution in [3.05, 3.63) is 59.7 Å². The molecule has 132 valence electrons. The Morgan fingerprint density at radius 1 is 0.720 bits per heavy atom. The Kier molecular flexibility index (Phi) is 7.04. The minimum atomic E-state index is -0.823. The van der Waals surface area contributed by atoms with Crippen molar-refractivity contribution in [2.45, 2.75) is 21.8 Å². The van der Waals surface area contributed by atoms with E-state index >= 15 is 0 Å². The molecule has 2 rings (SSSR count). The quantitative estimate of drug-likeness (QED) is 0.446. The first-order valence-corrected chi connectivity index (χ1v) is 10.7. The molecule has 0 aromatic heterocycles. The first-order valence-electron chi connectivity index (χ1n) is 7.98. The second kappa shape index (κ2) is 9.03. The van der Waals surface area contributed by atoms with Crippen molar-refractivity contribution in [3.63, 3.8) is 0 Å². The van der Waals surface area contributed by atoms with Crippen molar-refractivity contribution in [1.29, 1.82) is 0 Å². The molecule has 0 aliphatic rings. The standard InChI is InChI=1S/C20H22O4Te/c1-13(19(21)15-5-9-17(23-3)10-6-15)25-14(2)20(22)16-7-11-18(24-4)12-8-16/h5-14H,1-4H3. The average Bonchev–Trinajstić information content (AvgIpc) is 2.66. The fourth-order valence-electron chi connectivity index (χ4n) is 2.41. The van der Waals surface area contributed by atoms with Crippen LogP contribution in [0.2, 0.25) is 7.93 Å². The Labute approximate surface area is 158 Å². The van der Waals surface area contributed by atoms with Gasteiger partial charge in [0.1, 0.15) is 0 Å². The van der Waals surface area contributed by atoms with Gasteiger partial charge in [0.2, 0.25) is 0 Å². The second-order valence-electron chi connectivity index (χ2n) is 5.61. The number of ketones is 2. The predicted molar refractivity (Wildman–Crippen MR) is 99.3 cm³/mol. The molecular weight excluding hydrogens is 432 g/mol. The summed E-state index contributed by atoms with van der Waals surface area (Å²) >= 11 is -0.823. The molecule has 0 spiro atoms. The molecule has 0 bridgehead atoms. The van der Waals surface area contributed by atoms with E-state index < -0.39 is 20.9 Å². The molecule has 0 N–H and O–H groups in total. The first-order chi connectivity index (χ1) is 12.0. The van der Waals surface area contributed by atoms with E-state index in [0.717, 1.165) is 11.5 Å². The van der Waals surface area contributed by atoms with Gasteiger partial charge in [-0.15, -0.1) is 0 Å². The molecule has 0 saturated heterocycles. The van der Waals surface area contributed by atoms with Crippen molar-refractivity contribution in [2.75, 3.05) is 14.2 Å². The van der Waals surface area contributed by atoms with E-state index in [1.165, 1.54) is 0 Å². The molecule has 0 aliphatic carbocycles. The maximum atomic E-state index is 12.6. The van der Waals surface area contributed by atoms with Crippen molar-refractivity contribution in [1.82, 2.24) is 0 Å². The van der Waals surface area contributed by atoms with E-state index in [-0.39, 0.29) is 19.5 Å². The van der Waals surface area contributed by atoms with Gasteiger partial charge in [-0.3, -0.25) is 0 Å². The van der Waals surface area contributed by atoms with Crippen LogP contribution in [0.1, 0.15) is 34.6 Å². The van der Waals surface area contributed by atoms with Gasteiger partial charge in [0.05, 0.1) is 0 Å². The SMILES string of the molecule is COc1ccc(C(=O)C(C)[Te]C(C)C(=O)c2ccc(OC)cc2)cc1. The van der Waals surface area contributed by atoms with Gasteiger partial charge in [0.15, 0.2) is 0 Å². The van der Waals surface area contributed by atoms with Crippen molar-refractivity contribution in [3.8, 4) is 11.5 Å². The summed E-state index contributed by atoms with van der Waals surface area (Å²) in [6, 6.07) is 14.3. The van der Waals surface area contributed by atoms with Gasteiger partial charge in [-0.05, 0) is 0 Å². The third kappa shape index (κ3) is 5.07. The fraction of sp³-hybridized carbons (Fsp3) is 0.300. The molecule has 0 saturated carbocycles. The molecule has 2 unspecified atom stereocenters. The molecule has 2 atom stereocenters. The van der Waals surface area contributed by atoms with E-state index in [1.54, 1.807) is 62.8 Å². The number of hydrogen-bond donors (Lipinski definition) is 0. The van der Waals surface area contributed by atoms with Crippen LogP contribution in [-0.4, -0.2) is 46.7 Å². The van der Waals surface area contributed by atoms with Crippen molar-refractivity contribution in [2.24, 2.45) is 0 Å². The van der Waals surface area contributed by atoms with Crippen molar-refractivity contribution < 1.29 is 19.1 Å². The summed E-state index contributed by atoms with van der Waals surface area (Å²) in [5.41, 5.74) is 1.34. The monoisotopic (exact) mass is 456 g/mol. The number of methoxy groups -OCH3 is 2. The third-order valence-corrected chi connectivity index (χ3v) is 7.45. The second-order valence-corrected chi connectivity index (χ2v) is 10.4. The summed E-state index contributed by atoms with van der Waals surface area (Å²) in [4.78, 5) is 25.2. The third-order valence-electron chi connectivity index (χ3n) is 3.90. The normalized spacial score (nSPS) is 13.0. The minimum absolute atomic E-state index is 0.0967. The van der Waals surface area contributed by atoms with E-state index in [1.807, 2.05) is 13.8 Å². The van der Waals surface area contributed by atoms with Crippen LogP contribution in [0.15, 0.2) is 48.5 Å². The number of Topliss-reactive ketones (excluding diaryl/α,β-unsaturated/α-hetero) is 2. The fourth-order valence-corrected chi connectivity index (χ4v) is 5.64. The summed E-state index contributed by atoms with van der Waals surface area (Å²) in [7, 11) is 3.19. The number of carbonyl (C=O) groups is 2. The Hall–Kier alpha value is -1.83. The number of rotatable bonds is 8. The molecule has 2 aromatic rings. The summed E-state index contributed by atoms with van der Waals surface area (Å²) in [5, 5.41) is 0. The van der Waals surface area contributed by atoms with Crippen LogP contribution < -0.4 is 9.47 Å². The molecule has 4 nitrogen and oxygen atoms in total. The topological polar surface area (TPSA) is 52.6 Å². The van der Waals surface area contributed by atoms with Gasteiger partial charge in [0.25, 0.3) is 0 Å². The molecule has 0 aliphatic heterocycles. The Balaban J connectivity index is 2.00. The van der Waals surface area contributed by atoms with E-state index in [9.17, 15) is 9.59 Å². The number of benzene rings is 2. The zero-order valence-electron chi connectivity index (χ0n) is 14.8. The molecular formula is C20H22O4Te. The van der Waals surface area contributed by atoms with Crippen LogP contribution in [0, 0.1) is 0 Å². The summed E-state index contributed by atoms with van der Waals surface area (Å²) in [5.74, 6) is 1.64. The van der Waals surface area contributed by atoms with Crippen LogP contribution in [-0.2, 0) is 0 Å². The molecule has 0 heterocycles. The van der Waals surface area contributed by atoms with Crippen LogP contribution in [0.4, 0.5) is 0 Å². The van der Waals surface area contributed by atoms with Crippen LogP contribution in [0.25, 0.3) is 0 Å². The number of ether oxygens (including phenoxy) is 2. The van der Waals surface area contributed by atoms with Gasteiger partial charge < -0.3 is 0 Å². The van der Waals surface area contributed by atoms with Gasteiger partial charge in [0, 0.05) is 0 Å². The number of hydrogen-bond acceptors (Lipinski definition) is 4. The molecule has 25 heavy (non-hydrogen) atoms. The maximum absolute atomic E-state index is 12.6.